The number of hydrogen-bond donors (Lipinski definition) is 2. The largest absolute Gasteiger partial charge is 0.486 e. The summed E-state index contributed by atoms with van der Waals surface area (Å²) in [5.41, 5.74) is 8.20. The lowest BCUT2D eigenvalue weighted by molar-refractivity contribution is 0.0955. The average molecular weight is 741 g/mol. The van der Waals surface area contributed by atoms with Gasteiger partial charge >= 0.3 is 0 Å². The molecule has 0 unspecified atom stereocenters. The number of aromatic nitrogens is 1. The normalized spacial score (nSPS) is 11.0. The van der Waals surface area contributed by atoms with Gasteiger partial charge in [0.2, 0.25) is 0 Å². The molecule has 6 nitrogen and oxygen atoms in total. The maximum atomic E-state index is 13.9. The van der Waals surface area contributed by atoms with Crippen LogP contribution in [0.4, 0.5) is 15.2 Å². The molecule has 0 saturated heterocycles. The van der Waals surface area contributed by atoms with E-state index in [-0.39, 0.29) is 18.3 Å². The number of anilines is 2. The number of carbonyl (C=O) groups is 1. The molecule has 0 aliphatic heterocycles. The van der Waals surface area contributed by atoms with Crippen molar-refractivity contribution in [3.05, 3.63) is 126 Å². The third-order valence-corrected chi connectivity index (χ3v) is 8.13. The van der Waals surface area contributed by atoms with Gasteiger partial charge in [-0.05, 0) is 93.5 Å². The van der Waals surface area contributed by atoms with E-state index in [4.69, 9.17) is 4.74 Å². The molecule has 2 N–H and O–H groups in total. The highest BCUT2D eigenvalue weighted by Crippen LogP contribution is 2.32. The van der Waals surface area contributed by atoms with Crippen LogP contribution in [-0.4, -0.2) is 17.1 Å². The molecular weight excluding hydrogens is 718 g/mol. The first-order valence-electron chi connectivity index (χ1n) is 12.4. The van der Waals surface area contributed by atoms with Crippen molar-refractivity contribution in [2.75, 3.05) is 5.32 Å². The van der Waals surface area contributed by atoms with Crippen molar-refractivity contribution in [3.63, 3.8) is 0 Å². The molecule has 0 atom stereocenters. The average Bonchev–Trinajstić information content (AvgIpc) is 3.43. The zero-order valence-corrected chi connectivity index (χ0v) is 26.3. The van der Waals surface area contributed by atoms with Crippen LogP contribution in [0.3, 0.4) is 0 Å². The van der Waals surface area contributed by atoms with Crippen molar-refractivity contribution in [2.24, 2.45) is 5.10 Å². The number of hydrogen-bond acceptors (Lipinski definition) is 6. The number of carbonyl (C=O) groups excluding carboxylic acids is 1. The molecule has 0 aliphatic carbocycles. The number of rotatable bonds is 9. The summed E-state index contributed by atoms with van der Waals surface area (Å²) in [4.78, 5) is 17.3. The summed E-state index contributed by atoms with van der Waals surface area (Å²) in [6.45, 7) is 2.16. The summed E-state index contributed by atoms with van der Waals surface area (Å²) in [6.07, 6.45) is 1.55. The third-order valence-electron chi connectivity index (χ3n) is 5.98. The van der Waals surface area contributed by atoms with Gasteiger partial charge in [-0.2, -0.15) is 5.10 Å². The van der Waals surface area contributed by atoms with E-state index in [2.05, 4.69) is 66.3 Å². The fraction of sp³-hybridized carbons (Fsp3) is 0.0645. The Kier molecular flexibility index (Phi) is 9.42. The minimum atomic E-state index is -0.327. The maximum Gasteiger partial charge on any atom is 0.271 e. The molecule has 5 aromatic rings. The van der Waals surface area contributed by atoms with Crippen LogP contribution in [0.25, 0.3) is 11.3 Å². The van der Waals surface area contributed by atoms with Gasteiger partial charge in [0, 0.05) is 27.8 Å². The molecule has 0 radical (unpaired) electrons. The molecule has 41 heavy (non-hydrogen) atoms. The molecule has 0 spiro atoms. The number of hydrazone groups is 1. The van der Waals surface area contributed by atoms with E-state index in [0.717, 1.165) is 31.2 Å². The minimum absolute atomic E-state index is 0.109. The predicted octanol–water partition coefficient (Wildman–Crippen LogP) is 8.71. The quantitative estimate of drug-likeness (QED) is 0.0901. The molecule has 5 rings (SSSR count). The van der Waals surface area contributed by atoms with E-state index in [0.29, 0.717) is 21.3 Å². The Labute approximate surface area is 263 Å². The number of benzene rings is 4. The summed E-state index contributed by atoms with van der Waals surface area (Å²) in [6, 6.07) is 25.5. The van der Waals surface area contributed by atoms with Crippen LogP contribution < -0.4 is 15.5 Å². The van der Waals surface area contributed by atoms with Gasteiger partial charge in [-0.25, -0.2) is 14.8 Å². The van der Waals surface area contributed by atoms with E-state index in [1.54, 1.807) is 36.5 Å². The highest BCUT2D eigenvalue weighted by atomic mass is 127. The Morgan fingerprint density at radius 3 is 2.59 bits per heavy atom. The molecule has 10 heteroatoms. The second kappa shape index (κ2) is 13.4. The lowest BCUT2D eigenvalue weighted by atomic mass is 10.1. The number of ether oxygens (including phenoxy) is 1. The Bertz CT molecular complexity index is 1690. The number of amides is 1. The standard InChI is InChI=1S/C31H23BrFIN4O2S/c1-19-6-12-24(13-7-19)36-31-37-28(18-41-31)21-8-10-22(11-9-21)30(39)38-35-16-20-14-25(32)29(27(34)15-20)40-17-23-4-2-3-5-26(23)33/h2-16,18H,17H2,1H3,(H,36,37)(H,38,39)/b35-16-. The first-order valence-corrected chi connectivity index (χ1v) is 15.2. The Morgan fingerprint density at radius 1 is 1.10 bits per heavy atom. The molecule has 1 heterocycles. The summed E-state index contributed by atoms with van der Waals surface area (Å²) in [5, 5.41) is 10.2. The molecule has 1 aromatic heterocycles. The number of halogens is 3. The van der Waals surface area contributed by atoms with E-state index in [1.807, 2.05) is 53.9 Å². The highest BCUT2D eigenvalue weighted by molar-refractivity contribution is 14.1. The SMILES string of the molecule is Cc1ccc(Nc2nc(-c3ccc(C(=O)N/N=C\c4cc(Br)c(OCc5ccccc5F)c(I)c4)cc3)cs2)cc1. The molecule has 1 amide bonds. The Balaban J connectivity index is 1.17. The van der Waals surface area contributed by atoms with E-state index in [9.17, 15) is 9.18 Å². The Morgan fingerprint density at radius 2 is 1.85 bits per heavy atom. The number of nitrogens with one attached hydrogen (secondary N) is 2. The topological polar surface area (TPSA) is 75.6 Å². The van der Waals surface area contributed by atoms with Crippen LogP contribution in [0.2, 0.25) is 0 Å². The van der Waals surface area contributed by atoms with Crippen LogP contribution in [0.1, 0.15) is 27.0 Å². The third kappa shape index (κ3) is 7.57. The summed E-state index contributed by atoms with van der Waals surface area (Å²) >= 11 is 7.18. The van der Waals surface area contributed by atoms with Crippen molar-refractivity contribution in [1.82, 2.24) is 10.4 Å². The van der Waals surface area contributed by atoms with Crippen molar-refractivity contribution < 1.29 is 13.9 Å². The molecule has 0 bridgehead atoms. The predicted molar refractivity (Wildman–Crippen MR) is 175 cm³/mol. The summed E-state index contributed by atoms with van der Waals surface area (Å²) in [5.74, 6) is -0.0316. The van der Waals surface area contributed by atoms with Crippen molar-refractivity contribution in [1.29, 1.82) is 0 Å². The molecule has 206 valence electrons. The van der Waals surface area contributed by atoms with Crippen LogP contribution in [-0.2, 0) is 6.61 Å². The Hall–Kier alpha value is -3.61. The summed E-state index contributed by atoms with van der Waals surface area (Å²) in [7, 11) is 0. The number of aryl methyl sites for hydroxylation is 1. The first kappa shape index (κ1) is 28.9. The fourth-order valence-electron chi connectivity index (χ4n) is 3.80. The van der Waals surface area contributed by atoms with Crippen molar-refractivity contribution in [2.45, 2.75) is 13.5 Å². The number of nitrogens with zero attached hydrogens (tertiary/aromatic N) is 2. The zero-order valence-electron chi connectivity index (χ0n) is 21.7. The molecule has 0 aliphatic rings. The van der Waals surface area contributed by atoms with E-state index in [1.165, 1.54) is 23.0 Å². The molecule has 0 saturated carbocycles. The van der Waals surface area contributed by atoms with Gasteiger partial charge in [0.1, 0.15) is 18.2 Å². The second-order valence-corrected chi connectivity index (χ2v) is 11.9. The maximum absolute atomic E-state index is 13.9. The van der Waals surface area contributed by atoms with Gasteiger partial charge < -0.3 is 10.1 Å². The van der Waals surface area contributed by atoms with Gasteiger partial charge in [-0.3, -0.25) is 4.79 Å². The van der Waals surface area contributed by atoms with Gasteiger partial charge in [-0.15, -0.1) is 11.3 Å². The molecule has 4 aromatic carbocycles. The highest BCUT2D eigenvalue weighted by Gasteiger charge is 2.11. The lowest BCUT2D eigenvalue weighted by Crippen LogP contribution is -2.17. The van der Waals surface area contributed by atoms with Crippen LogP contribution in [0.15, 0.2) is 99.9 Å². The minimum Gasteiger partial charge on any atom is -0.486 e. The molecule has 0 fully saturated rings. The zero-order chi connectivity index (χ0) is 28.8. The van der Waals surface area contributed by atoms with E-state index < -0.39 is 0 Å². The molecular formula is C31H23BrFIN4O2S. The van der Waals surface area contributed by atoms with Crippen molar-refractivity contribution >= 4 is 72.8 Å². The van der Waals surface area contributed by atoms with Crippen LogP contribution in [0, 0.1) is 16.3 Å². The van der Waals surface area contributed by atoms with Crippen LogP contribution in [0.5, 0.6) is 5.75 Å². The summed E-state index contributed by atoms with van der Waals surface area (Å²) < 4.78 is 21.3. The number of thiazole rings is 1. The monoisotopic (exact) mass is 740 g/mol. The fourth-order valence-corrected chi connectivity index (χ4v) is 6.31. The smallest absolute Gasteiger partial charge is 0.271 e. The van der Waals surface area contributed by atoms with Gasteiger partial charge in [0.25, 0.3) is 5.91 Å². The van der Waals surface area contributed by atoms with Gasteiger partial charge in [-0.1, -0.05) is 48.0 Å². The van der Waals surface area contributed by atoms with Crippen molar-refractivity contribution in [3.8, 4) is 17.0 Å². The van der Waals surface area contributed by atoms with E-state index >= 15 is 0 Å². The second-order valence-electron chi connectivity index (χ2n) is 9.00. The van der Waals surface area contributed by atoms with Gasteiger partial charge in [0.05, 0.1) is 20.0 Å². The van der Waals surface area contributed by atoms with Gasteiger partial charge in [0.15, 0.2) is 5.13 Å². The lowest BCUT2D eigenvalue weighted by Gasteiger charge is -2.12. The first-order chi connectivity index (χ1) is 19.9. The van der Waals surface area contributed by atoms with Crippen LogP contribution >= 0.6 is 49.9 Å².